The van der Waals surface area contributed by atoms with Crippen LogP contribution in [0.15, 0.2) is 96.2 Å². The zero-order chi connectivity index (χ0) is 44.2. The van der Waals surface area contributed by atoms with Gasteiger partial charge in [0.2, 0.25) is 12.1 Å². The SMILES string of the molecule is C=CCO[C@@]12Oc3ccc(Oc4ccc(C)c(C)c4)cc3[C@H]3[C@H](CCCCO)[C@@H](CCCCO)C=C(C(=NOC4CCCCO4)C[C@@H]1N(C)C(=O)OCCOCc1ccccc1)[C@H]32. The molecule has 0 bridgehead atoms. The van der Waals surface area contributed by atoms with Crippen LogP contribution in [0.5, 0.6) is 17.2 Å². The number of benzene rings is 3. The largest absolute Gasteiger partial charge is 0.459 e. The quantitative estimate of drug-likeness (QED) is 0.0605. The number of nitrogens with zero attached hydrogens (tertiary/aromatic N) is 2. The predicted molar refractivity (Wildman–Crippen MR) is 241 cm³/mol. The molecule has 1 amide bonds. The lowest BCUT2D eigenvalue weighted by Crippen LogP contribution is -2.69. The fourth-order valence-corrected chi connectivity index (χ4v) is 9.80. The third-order valence-electron chi connectivity index (χ3n) is 13.1. The standard InChI is InChI=1S/C51H66N2O10/c1-5-26-60-51-46(53(4)50(56)59-29-28-57-34-37-15-7-6-8-16-37)33-44(52-63-47-19-11-14-27-58-47)42-31-38(17-9-12-24-54)41(18-10-13-25-55)48(49(42)51)43-32-40(22-23-45(43)62-51)61-39-21-20-35(2)36(3)30-39/h5-8,15-16,20-23,30-32,38,41,46-49,54-55H,1,9-14,17-19,24-29,33-34H2,2-4H3/t38-,41+,46-,47?,48+,49+,51+/m0/s1. The molecule has 0 spiro atoms. The second-order valence-electron chi connectivity index (χ2n) is 17.3. The van der Waals surface area contributed by atoms with Crippen molar-refractivity contribution in [1.82, 2.24) is 4.90 Å². The Hall–Kier alpha value is -4.72. The van der Waals surface area contributed by atoms with Gasteiger partial charge in [0.05, 0.1) is 38.1 Å². The minimum Gasteiger partial charge on any atom is -0.459 e. The monoisotopic (exact) mass is 866 g/mol. The Morgan fingerprint density at radius 3 is 2.48 bits per heavy atom. The summed E-state index contributed by atoms with van der Waals surface area (Å²) in [4.78, 5) is 22.0. The Labute approximate surface area is 372 Å². The van der Waals surface area contributed by atoms with Gasteiger partial charge in [-0.15, -0.1) is 6.58 Å². The van der Waals surface area contributed by atoms with E-state index in [-0.39, 0.29) is 57.2 Å². The molecule has 2 N–H and O–H groups in total. The van der Waals surface area contributed by atoms with Crippen LogP contribution < -0.4 is 9.47 Å². The molecule has 63 heavy (non-hydrogen) atoms. The number of ether oxygens (including phenoxy) is 6. The molecule has 1 saturated heterocycles. The van der Waals surface area contributed by atoms with Crippen molar-refractivity contribution < 1.29 is 48.3 Å². The van der Waals surface area contributed by atoms with E-state index in [0.717, 1.165) is 73.0 Å². The first-order valence-electron chi connectivity index (χ1n) is 22.9. The van der Waals surface area contributed by atoms with E-state index in [4.69, 9.17) is 38.4 Å². The van der Waals surface area contributed by atoms with Gasteiger partial charge in [-0.1, -0.05) is 66.5 Å². The van der Waals surface area contributed by atoms with Gasteiger partial charge in [-0.2, -0.15) is 0 Å². The summed E-state index contributed by atoms with van der Waals surface area (Å²) in [5.41, 5.74) is 5.98. The molecule has 1 unspecified atom stereocenters. The number of aryl methyl sites for hydroxylation is 2. The number of likely N-dealkylation sites (N-methyl/N-ethyl adjacent to an activating group) is 1. The van der Waals surface area contributed by atoms with Crippen molar-refractivity contribution in [3.8, 4) is 17.2 Å². The number of allylic oxidation sites excluding steroid dienone is 1. The van der Waals surface area contributed by atoms with E-state index in [1.807, 2.05) is 54.6 Å². The molecule has 2 aliphatic heterocycles. The number of hydrogen-bond donors (Lipinski definition) is 2. The maximum atomic E-state index is 14.2. The summed E-state index contributed by atoms with van der Waals surface area (Å²) < 4.78 is 38.6. The summed E-state index contributed by atoms with van der Waals surface area (Å²) in [5, 5.41) is 24.8. The molecular formula is C51H66N2O10. The van der Waals surface area contributed by atoms with Crippen LogP contribution in [0.4, 0.5) is 4.79 Å². The Balaban J connectivity index is 1.32. The van der Waals surface area contributed by atoms with Gasteiger partial charge in [0.25, 0.3) is 0 Å². The van der Waals surface area contributed by atoms with Gasteiger partial charge in [0, 0.05) is 44.6 Å². The number of aliphatic hydroxyl groups is 2. The van der Waals surface area contributed by atoms with Gasteiger partial charge < -0.3 is 48.4 Å². The molecular weight excluding hydrogens is 801 g/mol. The van der Waals surface area contributed by atoms with Crippen LogP contribution in [0.3, 0.4) is 0 Å². The van der Waals surface area contributed by atoms with Gasteiger partial charge in [-0.3, -0.25) is 0 Å². The third-order valence-corrected chi connectivity index (χ3v) is 13.1. The minimum atomic E-state index is -1.41. The first-order chi connectivity index (χ1) is 30.8. The average Bonchev–Trinajstić information content (AvgIpc) is 3.30. The highest BCUT2D eigenvalue weighted by atomic mass is 16.8. The summed E-state index contributed by atoms with van der Waals surface area (Å²) in [5.74, 6) is 0.144. The van der Waals surface area contributed by atoms with Crippen molar-refractivity contribution in [3.05, 3.63) is 113 Å². The molecule has 4 aliphatic rings. The molecule has 3 aromatic carbocycles. The van der Waals surface area contributed by atoms with E-state index >= 15 is 0 Å². The van der Waals surface area contributed by atoms with Gasteiger partial charge in [-0.05, 0) is 117 Å². The molecule has 2 heterocycles. The van der Waals surface area contributed by atoms with Crippen LogP contribution in [0.2, 0.25) is 0 Å². The van der Waals surface area contributed by atoms with Crippen molar-refractivity contribution >= 4 is 11.8 Å². The van der Waals surface area contributed by atoms with Gasteiger partial charge >= 0.3 is 6.09 Å². The normalized spacial score (nSPS) is 25.5. The number of carbonyl (C=O) groups is 1. The number of hydrogen-bond acceptors (Lipinski definition) is 11. The summed E-state index contributed by atoms with van der Waals surface area (Å²) in [6, 6.07) is 21.2. The summed E-state index contributed by atoms with van der Waals surface area (Å²) >= 11 is 0. The fraction of sp³-hybridized carbons (Fsp3) is 0.529. The van der Waals surface area contributed by atoms with Crippen LogP contribution in [-0.2, 0) is 30.4 Å². The van der Waals surface area contributed by atoms with Gasteiger partial charge in [0.15, 0.2) is 0 Å². The van der Waals surface area contributed by atoms with Crippen LogP contribution in [0, 0.1) is 31.6 Å². The van der Waals surface area contributed by atoms with Crippen molar-refractivity contribution in [2.24, 2.45) is 22.9 Å². The van der Waals surface area contributed by atoms with Crippen molar-refractivity contribution in [1.29, 1.82) is 0 Å². The Morgan fingerprint density at radius 1 is 0.952 bits per heavy atom. The Morgan fingerprint density at radius 2 is 1.73 bits per heavy atom. The van der Waals surface area contributed by atoms with Crippen LogP contribution in [-0.4, -0.2) is 91.7 Å². The molecule has 1 saturated carbocycles. The maximum absolute atomic E-state index is 14.2. The topological polar surface area (TPSA) is 138 Å². The molecule has 2 fully saturated rings. The molecule has 2 aliphatic carbocycles. The van der Waals surface area contributed by atoms with E-state index in [1.54, 1.807) is 18.0 Å². The van der Waals surface area contributed by atoms with Gasteiger partial charge in [-0.25, -0.2) is 4.79 Å². The van der Waals surface area contributed by atoms with E-state index in [9.17, 15) is 15.0 Å². The molecule has 0 radical (unpaired) electrons. The predicted octanol–water partition coefficient (Wildman–Crippen LogP) is 9.54. The Bertz CT molecular complexity index is 2030. The Kier molecular flexibility index (Phi) is 16.4. The third kappa shape index (κ3) is 11.0. The molecule has 340 valence electrons. The molecule has 12 nitrogen and oxygen atoms in total. The molecule has 7 atom stereocenters. The number of aliphatic hydroxyl groups excluding tert-OH is 2. The van der Waals surface area contributed by atoms with Crippen LogP contribution in [0.1, 0.15) is 92.4 Å². The first-order valence-corrected chi connectivity index (χ1v) is 22.9. The van der Waals surface area contributed by atoms with E-state index in [0.29, 0.717) is 43.3 Å². The van der Waals surface area contributed by atoms with Crippen LogP contribution >= 0.6 is 0 Å². The number of carbonyl (C=O) groups excluding carboxylic acids is 1. The lowest BCUT2D eigenvalue weighted by atomic mass is 9.55. The van der Waals surface area contributed by atoms with E-state index < -0.39 is 30.1 Å². The zero-order valence-electron chi connectivity index (χ0n) is 37.3. The molecule has 0 aromatic heterocycles. The lowest BCUT2D eigenvalue weighted by molar-refractivity contribution is -0.254. The highest BCUT2D eigenvalue weighted by Crippen LogP contribution is 2.62. The van der Waals surface area contributed by atoms with Crippen molar-refractivity contribution in [2.45, 2.75) is 109 Å². The van der Waals surface area contributed by atoms with E-state index in [2.05, 4.69) is 38.6 Å². The van der Waals surface area contributed by atoms with Crippen LogP contribution in [0.25, 0.3) is 0 Å². The second-order valence-corrected chi connectivity index (χ2v) is 17.3. The molecule has 7 rings (SSSR count). The summed E-state index contributed by atoms with van der Waals surface area (Å²) in [6.07, 6.45) is 10.6. The molecule has 12 heteroatoms. The highest BCUT2D eigenvalue weighted by molar-refractivity contribution is 6.03. The van der Waals surface area contributed by atoms with Crippen molar-refractivity contribution in [2.75, 3.05) is 46.7 Å². The minimum absolute atomic E-state index is 0.0545. The number of fused-ring (bicyclic) bond motifs is 2. The van der Waals surface area contributed by atoms with E-state index in [1.165, 1.54) is 5.56 Å². The highest BCUT2D eigenvalue weighted by Gasteiger charge is 2.65. The number of oxime groups is 1. The molecule has 3 aromatic rings. The zero-order valence-corrected chi connectivity index (χ0v) is 37.3. The van der Waals surface area contributed by atoms with Crippen molar-refractivity contribution in [3.63, 3.8) is 0 Å². The number of rotatable bonds is 21. The summed E-state index contributed by atoms with van der Waals surface area (Å²) in [7, 11) is 1.72. The first kappa shape index (κ1) is 46.3. The second kappa shape index (κ2) is 22.3. The average molecular weight is 867 g/mol. The number of amides is 1. The van der Waals surface area contributed by atoms with Gasteiger partial charge in [0.1, 0.15) is 29.9 Å². The maximum Gasteiger partial charge on any atom is 0.410 e. The lowest BCUT2D eigenvalue weighted by Gasteiger charge is -2.59. The fourth-order valence-electron chi connectivity index (χ4n) is 9.80. The summed E-state index contributed by atoms with van der Waals surface area (Å²) in [6.45, 7) is 9.84. The smallest absolute Gasteiger partial charge is 0.410 e. The number of unbranched alkanes of at least 4 members (excludes halogenated alkanes) is 2.